The van der Waals surface area contributed by atoms with Crippen LogP contribution in [0.4, 0.5) is 10.2 Å². The van der Waals surface area contributed by atoms with Gasteiger partial charge in [0, 0.05) is 54.0 Å². The van der Waals surface area contributed by atoms with Crippen LogP contribution in [0.3, 0.4) is 0 Å². The summed E-state index contributed by atoms with van der Waals surface area (Å²) >= 11 is 0. The summed E-state index contributed by atoms with van der Waals surface area (Å²) in [6.07, 6.45) is 2.39. The molecule has 2 aliphatic heterocycles. The van der Waals surface area contributed by atoms with E-state index in [0.29, 0.717) is 42.4 Å². The molecule has 2 fully saturated rings. The van der Waals surface area contributed by atoms with Crippen molar-refractivity contribution in [3.05, 3.63) is 53.5 Å². The lowest BCUT2D eigenvalue weighted by atomic mass is 9.91. The van der Waals surface area contributed by atoms with Crippen molar-refractivity contribution >= 4 is 33.5 Å². The number of halogens is 1. The maximum absolute atomic E-state index is 17.0. The van der Waals surface area contributed by atoms with Gasteiger partial charge in [0.05, 0.1) is 17.8 Å². The smallest absolute Gasteiger partial charge is 0.319 e. The zero-order valence-corrected chi connectivity index (χ0v) is 25.9. The number of H-pyrrole nitrogens is 1. The maximum Gasteiger partial charge on any atom is 0.319 e. The molecule has 4 aromatic rings. The second-order valence-corrected chi connectivity index (χ2v) is 12.4. The topological polar surface area (TPSA) is 90.5 Å². The summed E-state index contributed by atoms with van der Waals surface area (Å²) in [6.45, 7) is 17.1. The number of ether oxygens (including phenoxy) is 1. The van der Waals surface area contributed by atoms with E-state index in [4.69, 9.17) is 14.7 Å². The van der Waals surface area contributed by atoms with E-state index in [1.165, 1.54) is 6.08 Å². The van der Waals surface area contributed by atoms with Gasteiger partial charge < -0.3 is 19.4 Å². The highest BCUT2D eigenvalue weighted by Crippen LogP contribution is 2.41. The molecule has 2 aromatic heterocycles. The van der Waals surface area contributed by atoms with Gasteiger partial charge in [-0.3, -0.25) is 9.89 Å². The van der Waals surface area contributed by atoms with Crippen molar-refractivity contribution in [3.8, 4) is 17.1 Å². The molecule has 1 N–H and O–H groups in total. The molecule has 0 spiro atoms. The minimum absolute atomic E-state index is 0.0675. The van der Waals surface area contributed by atoms with Crippen molar-refractivity contribution in [2.75, 3.05) is 44.7 Å². The number of benzene rings is 2. The molecule has 3 atom stereocenters. The van der Waals surface area contributed by atoms with E-state index in [0.717, 1.165) is 52.8 Å². The van der Waals surface area contributed by atoms with Crippen molar-refractivity contribution in [2.24, 2.45) is 5.92 Å². The SMILES string of the molecule is C=CC(=O)N1C[C@H](C)N(c2nc(OC[C@@H]3CCN(C)C3)nc3c(F)c(-c4c(C)ccc5[nH]nc(C)c45)c(C)cc23)C[C@H]1C. The van der Waals surface area contributed by atoms with Gasteiger partial charge in [-0.25, -0.2) is 4.39 Å². The fourth-order valence-electron chi connectivity index (χ4n) is 6.81. The molecule has 0 unspecified atom stereocenters. The van der Waals surface area contributed by atoms with Crippen LogP contribution in [-0.4, -0.2) is 87.8 Å². The van der Waals surface area contributed by atoms with Crippen molar-refractivity contribution in [3.63, 3.8) is 0 Å². The first-order chi connectivity index (χ1) is 20.6. The Morgan fingerprint density at radius 1 is 1.12 bits per heavy atom. The molecule has 2 aliphatic rings. The van der Waals surface area contributed by atoms with Gasteiger partial charge in [0.15, 0.2) is 5.82 Å². The van der Waals surface area contributed by atoms with E-state index in [1.54, 1.807) is 0 Å². The van der Waals surface area contributed by atoms with Gasteiger partial charge in [0.2, 0.25) is 5.91 Å². The van der Waals surface area contributed by atoms with Crippen LogP contribution >= 0.6 is 0 Å². The van der Waals surface area contributed by atoms with E-state index in [2.05, 4.69) is 40.5 Å². The number of nitrogens with one attached hydrogen (secondary N) is 1. The molecule has 43 heavy (non-hydrogen) atoms. The Bertz CT molecular complexity index is 1730. The standard InChI is InChI=1S/C33H40FN7O2/c1-8-26(42)40-14-21(5)41(15-20(40)4)32-24-13-19(3)28(27-18(2)9-10-25-29(27)22(6)37-38-25)30(34)31(24)35-33(36-32)43-17-23-11-12-39(7)16-23/h8-10,13,20-21,23H,1,11-12,14-17H2,2-7H3,(H,37,38)/t20-,21+,23-/m1/s1. The van der Waals surface area contributed by atoms with Gasteiger partial charge in [-0.05, 0) is 89.5 Å². The van der Waals surface area contributed by atoms with E-state index < -0.39 is 5.82 Å². The number of aromatic amines is 1. The van der Waals surface area contributed by atoms with Crippen molar-refractivity contribution in [1.29, 1.82) is 0 Å². The van der Waals surface area contributed by atoms with E-state index >= 15 is 4.39 Å². The maximum atomic E-state index is 17.0. The summed E-state index contributed by atoms with van der Waals surface area (Å²) in [5, 5.41) is 9.01. The quantitative estimate of drug-likeness (QED) is 0.312. The van der Waals surface area contributed by atoms with Crippen LogP contribution in [0.2, 0.25) is 0 Å². The highest BCUT2D eigenvalue weighted by Gasteiger charge is 2.34. The number of amides is 1. The van der Waals surface area contributed by atoms with Gasteiger partial charge in [-0.2, -0.15) is 15.1 Å². The number of aromatic nitrogens is 4. The van der Waals surface area contributed by atoms with Crippen LogP contribution < -0.4 is 9.64 Å². The Morgan fingerprint density at radius 3 is 2.63 bits per heavy atom. The second kappa shape index (κ2) is 11.2. The lowest BCUT2D eigenvalue weighted by Gasteiger charge is -2.44. The summed E-state index contributed by atoms with van der Waals surface area (Å²) in [5.41, 5.74) is 4.98. The molecule has 1 amide bonds. The van der Waals surface area contributed by atoms with Gasteiger partial charge in [-0.1, -0.05) is 12.6 Å². The highest BCUT2D eigenvalue weighted by atomic mass is 19.1. The number of nitrogens with zero attached hydrogens (tertiary/aromatic N) is 6. The summed E-state index contributed by atoms with van der Waals surface area (Å²) in [7, 11) is 2.10. The Labute approximate surface area is 251 Å². The minimum atomic E-state index is -0.401. The number of anilines is 1. The lowest BCUT2D eigenvalue weighted by Crippen LogP contribution is -2.58. The first-order valence-corrected chi connectivity index (χ1v) is 15.0. The average Bonchev–Trinajstić information content (AvgIpc) is 3.58. The molecular weight excluding hydrogens is 545 g/mol. The Hall–Kier alpha value is -4.05. The number of piperazine rings is 1. The number of likely N-dealkylation sites (tertiary alicyclic amines) is 1. The van der Waals surface area contributed by atoms with Gasteiger partial charge >= 0.3 is 6.01 Å². The Morgan fingerprint density at radius 2 is 1.91 bits per heavy atom. The first-order valence-electron chi connectivity index (χ1n) is 15.0. The monoisotopic (exact) mass is 585 g/mol. The van der Waals surface area contributed by atoms with Crippen molar-refractivity contribution < 1.29 is 13.9 Å². The fraction of sp³-hybridized carbons (Fsp3) is 0.455. The largest absolute Gasteiger partial charge is 0.463 e. The predicted octanol–water partition coefficient (Wildman–Crippen LogP) is 5.18. The van der Waals surface area contributed by atoms with E-state index in [1.807, 2.05) is 50.8 Å². The van der Waals surface area contributed by atoms with Gasteiger partial charge in [0.1, 0.15) is 11.3 Å². The van der Waals surface area contributed by atoms with Crippen LogP contribution in [0.25, 0.3) is 32.9 Å². The molecule has 0 radical (unpaired) electrons. The zero-order chi connectivity index (χ0) is 30.6. The van der Waals surface area contributed by atoms with Crippen molar-refractivity contribution in [2.45, 2.75) is 53.1 Å². The molecule has 10 heteroatoms. The molecule has 4 heterocycles. The van der Waals surface area contributed by atoms with E-state index in [9.17, 15) is 4.79 Å². The summed E-state index contributed by atoms with van der Waals surface area (Å²) in [4.78, 5) is 28.4. The average molecular weight is 586 g/mol. The molecule has 0 aliphatic carbocycles. The number of carbonyl (C=O) groups excluding carboxylic acids is 1. The first kappa shape index (κ1) is 29.0. The third-order valence-electron chi connectivity index (χ3n) is 9.11. The van der Waals surface area contributed by atoms with Crippen molar-refractivity contribution in [1.82, 2.24) is 30.0 Å². The Balaban J connectivity index is 1.51. The lowest BCUT2D eigenvalue weighted by molar-refractivity contribution is -0.128. The minimum Gasteiger partial charge on any atom is -0.463 e. The van der Waals surface area contributed by atoms with Crippen LogP contribution in [0.15, 0.2) is 30.9 Å². The van der Waals surface area contributed by atoms with Gasteiger partial charge in [0.25, 0.3) is 0 Å². The van der Waals surface area contributed by atoms with Crippen LogP contribution in [-0.2, 0) is 4.79 Å². The van der Waals surface area contributed by atoms with E-state index in [-0.39, 0.29) is 29.5 Å². The number of carbonyl (C=O) groups is 1. The fourth-order valence-corrected chi connectivity index (χ4v) is 6.81. The molecule has 0 saturated carbocycles. The second-order valence-electron chi connectivity index (χ2n) is 12.4. The van der Waals surface area contributed by atoms with Crippen LogP contribution in [0.5, 0.6) is 6.01 Å². The van der Waals surface area contributed by atoms with Gasteiger partial charge in [-0.15, -0.1) is 0 Å². The highest BCUT2D eigenvalue weighted by molar-refractivity contribution is 6.03. The predicted molar refractivity (Wildman–Crippen MR) is 168 cm³/mol. The summed E-state index contributed by atoms with van der Waals surface area (Å²) in [6, 6.07) is 5.98. The zero-order valence-electron chi connectivity index (χ0n) is 25.9. The molecule has 6 rings (SSSR count). The third-order valence-corrected chi connectivity index (χ3v) is 9.11. The summed E-state index contributed by atoms with van der Waals surface area (Å²) in [5.74, 6) is 0.489. The third kappa shape index (κ3) is 5.11. The number of rotatable bonds is 6. The molecule has 226 valence electrons. The number of aryl methyl sites for hydroxylation is 3. The van der Waals surface area contributed by atoms with Crippen LogP contribution in [0, 0.1) is 32.5 Å². The molecule has 2 saturated heterocycles. The number of hydrogen-bond acceptors (Lipinski definition) is 7. The molecular formula is C33H40FN7O2. The molecule has 9 nitrogen and oxygen atoms in total. The number of fused-ring (bicyclic) bond motifs is 2. The normalized spacial score (nSPS) is 21.2. The van der Waals surface area contributed by atoms with Crippen LogP contribution in [0.1, 0.15) is 37.1 Å². The summed E-state index contributed by atoms with van der Waals surface area (Å²) < 4.78 is 23.2. The molecule has 2 aromatic carbocycles. The number of hydrogen-bond donors (Lipinski definition) is 1. The molecule has 0 bridgehead atoms. The Kier molecular flexibility index (Phi) is 7.58.